The number of likely N-dealkylation sites (N-methyl/N-ethyl adjacent to an activating group) is 1. The van der Waals surface area contributed by atoms with E-state index in [1.807, 2.05) is 56.1 Å². The summed E-state index contributed by atoms with van der Waals surface area (Å²) in [7, 11) is 5.97. The zero-order chi connectivity index (χ0) is 104. The van der Waals surface area contributed by atoms with E-state index in [9.17, 15) is 83.6 Å². The van der Waals surface area contributed by atoms with E-state index in [-0.39, 0.29) is 107 Å². The van der Waals surface area contributed by atoms with Gasteiger partial charge in [-0.15, -0.1) is 0 Å². The molecule has 5 aliphatic heterocycles. The smallest absolute Gasteiger partial charge is 0.336 e. The molecular weight excluding hydrogens is 1840 g/mol. The van der Waals surface area contributed by atoms with Crippen LogP contribution in [0, 0.1) is 40.5 Å². The molecule has 0 fully saturated rings. The molecular formula is C100H116ClN11O28. The Hall–Kier alpha value is -15.3. The molecule has 0 saturated carbocycles. The molecule has 5 atom stereocenters. The minimum Gasteiger partial charge on any atom is -0.466 e. The summed E-state index contributed by atoms with van der Waals surface area (Å²) in [5.41, 5.74) is 17.1. The minimum absolute atomic E-state index is 0.00811. The third kappa shape index (κ3) is 29.1. The number of para-hydroxylation sites is 1. The number of dihydropyridines is 5. The number of nitrogens with zero attached hydrogens (tertiary/aromatic N) is 5. The molecule has 140 heavy (non-hydrogen) atoms. The van der Waals surface area contributed by atoms with Crippen LogP contribution in [0.1, 0.15) is 167 Å². The van der Waals surface area contributed by atoms with Gasteiger partial charge in [0.2, 0.25) is 0 Å². The fourth-order valence-electron chi connectivity index (χ4n) is 16.0. The normalized spacial score (nSPS) is 16.6. The van der Waals surface area contributed by atoms with Crippen LogP contribution in [0.5, 0.6) is 0 Å². The molecule has 5 unspecified atom stereocenters. The van der Waals surface area contributed by atoms with E-state index in [0.717, 1.165) is 16.8 Å². The molecule has 39 nitrogen and oxygen atoms in total. The number of allylic oxidation sites excluding steroid dienone is 12. The van der Waals surface area contributed by atoms with E-state index in [4.69, 9.17) is 69.4 Å². The van der Waals surface area contributed by atoms with Crippen molar-refractivity contribution in [3.63, 3.8) is 0 Å². The van der Waals surface area contributed by atoms with Crippen LogP contribution in [0.2, 0.25) is 5.02 Å². The summed E-state index contributed by atoms with van der Waals surface area (Å²) in [4.78, 5) is 157. The van der Waals surface area contributed by atoms with Crippen molar-refractivity contribution in [2.24, 2.45) is 5.73 Å². The van der Waals surface area contributed by atoms with E-state index < -0.39 is 103 Å². The predicted molar refractivity (Wildman–Crippen MR) is 514 cm³/mol. The Morgan fingerprint density at radius 2 is 0.771 bits per heavy atom. The van der Waals surface area contributed by atoms with Gasteiger partial charge in [-0.3, -0.25) is 54.9 Å². The lowest BCUT2D eigenvalue weighted by Crippen LogP contribution is -2.35. The number of carbonyl (C=O) groups excluding carboxylic acids is 9. The molecule has 5 heterocycles. The van der Waals surface area contributed by atoms with Crippen LogP contribution in [0.4, 0.5) is 22.7 Å². The highest BCUT2D eigenvalue weighted by molar-refractivity contribution is 6.31. The number of carbonyl (C=O) groups is 9. The summed E-state index contributed by atoms with van der Waals surface area (Å²) < 4.78 is 57.5. The largest absolute Gasteiger partial charge is 0.466 e. The summed E-state index contributed by atoms with van der Waals surface area (Å²) in [5.74, 6) is -8.55. The van der Waals surface area contributed by atoms with E-state index >= 15 is 0 Å². The zero-order valence-electron chi connectivity index (χ0n) is 81.2. The number of nitro groups is 4. The van der Waals surface area contributed by atoms with Crippen molar-refractivity contribution in [3.05, 3.63) is 344 Å². The van der Waals surface area contributed by atoms with Crippen LogP contribution in [-0.2, 0) is 102 Å². The molecule has 7 N–H and O–H groups in total. The van der Waals surface area contributed by atoms with Gasteiger partial charge >= 0.3 is 53.7 Å². The fraction of sp³-hybridized carbons (Fsp3) is 0.350. The first-order valence-electron chi connectivity index (χ1n) is 44.1. The van der Waals surface area contributed by atoms with Crippen LogP contribution in [0.15, 0.2) is 265 Å². The Labute approximate surface area is 814 Å². The molecule has 0 aromatic heterocycles. The number of methoxy groups -OCH3 is 3. The van der Waals surface area contributed by atoms with Crippen LogP contribution < -0.4 is 32.3 Å². The topological polar surface area (TPSA) is 517 Å². The van der Waals surface area contributed by atoms with Crippen LogP contribution in [-0.4, -0.2) is 173 Å². The Balaban J connectivity index is 0.000000240. The highest BCUT2D eigenvalue weighted by Gasteiger charge is 2.44. The van der Waals surface area contributed by atoms with E-state index in [0.29, 0.717) is 123 Å². The number of halogens is 1. The van der Waals surface area contributed by atoms with E-state index in [2.05, 4.69) is 26.6 Å². The van der Waals surface area contributed by atoms with Gasteiger partial charge in [-0.2, -0.15) is 0 Å². The maximum Gasteiger partial charge on any atom is 0.336 e. The van der Waals surface area contributed by atoms with Crippen molar-refractivity contribution in [1.29, 1.82) is 0 Å². The van der Waals surface area contributed by atoms with Crippen molar-refractivity contribution >= 4 is 88.1 Å². The average Bonchev–Trinajstić information content (AvgIpc) is 0.758. The Morgan fingerprint density at radius 3 is 1.21 bits per heavy atom. The number of ether oxygens (including phenoxy) is 11. The van der Waals surface area contributed by atoms with Crippen molar-refractivity contribution in [1.82, 2.24) is 31.5 Å². The molecule has 0 saturated heterocycles. The van der Waals surface area contributed by atoms with Crippen LogP contribution in [0.25, 0.3) is 0 Å². The van der Waals surface area contributed by atoms with Gasteiger partial charge in [-0.25, -0.2) is 33.6 Å². The summed E-state index contributed by atoms with van der Waals surface area (Å²) in [5, 5.41) is 60.8. The maximum absolute atomic E-state index is 13.3. The molecule has 5 aliphatic rings. The first kappa shape index (κ1) is 112. The number of hydrogen-bond acceptors (Lipinski definition) is 35. The van der Waals surface area contributed by atoms with Crippen molar-refractivity contribution < 1.29 is 115 Å². The molecule has 6 aromatic carbocycles. The van der Waals surface area contributed by atoms with E-state index in [1.54, 1.807) is 131 Å². The lowest BCUT2D eigenvalue weighted by molar-refractivity contribution is -0.385. The Bertz CT molecular complexity index is 6040. The van der Waals surface area contributed by atoms with E-state index in [1.165, 1.54) is 102 Å². The number of hydrogen-bond donors (Lipinski definition) is 6. The standard InChI is InChI=1S/C27H31N3O6.C20H25ClN2O5.C18H20N2O6.C18H22N2O5.C17H18N2O6/c1-5-35-26(31)23-18(2)28-19(3)24(25(23)21-12-9-13-22(16-21)30(33)34)27(32)36-15-14-29(4)17-20-10-7-6-8-11-20;1-4-28-20(25)18-15(11-27-10-9-22)23-12(2)16(19(24)26-3)17(18)13-7-5-6-8-14(13)21;1-5-25-18(22)15-10(2)19-11(3)17(26-12(4)21)16(15)13-7-6-8-14(9-13)20(23)24;1-11-12(2)19-13(3)17(18(21)25-9-8-24-4)16(11)14-6-5-7-15(10-14)20(22)23;1-9-14(17(21)24-4)15(16(10(2)18-9)25-11(3)20)12-7-5-6-8-13(12)19(22)23/h6-13,16,25,28H,5,14-15,17H2,1-4H3;5-8,17,23H,4,9-11,22H2,1-3H3;6-9,16,19H,5H2,1-4H3;5-7,10,16,19H,8-9H2,1-4H3;5-8,15,18H,1-4H3. The lowest BCUT2D eigenvalue weighted by atomic mass is 9.80. The number of non-ortho nitro benzene ring substituents is 3. The van der Waals surface area contributed by atoms with Crippen LogP contribution in [0.3, 0.4) is 0 Å². The Morgan fingerprint density at radius 1 is 0.393 bits per heavy atom. The van der Waals surface area contributed by atoms with Gasteiger partial charge in [0.25, 0.3) is 22.7 Å². The number of nitro benzene ring substituents is 4. The van der Waals surface area contributed by atoms with Gasteiger partial charge in [-0.1, -0.05) is 115 Å². The second-order valence-electron chi connectivity index (χ2n) is 31.8. The maximum atomic E-state index is 13.3. The molecule has 11 rings (SSSR count). The molecule has 0 bridgehead atoms. The van der Waals surface area contributed by atoms with Gasteiger partial charge < -0.3 is 84.4 Å². The highest BCUT2D eigenvalue weighted by atomic mass is 35.5. The minimum atomic E-state index is -0.931. The zero-order valence-corrected chi connectivity index (χ0v) is 82.0. The molecule has 0 spiro atoms. The highest BCUT2D eigenvalue weighted by Crippen LogP contribution is 2.47. The summed E-state index contributed by atoms with van der Waals surface area (Å²) in [6, 6.07) is 41.2. The van der Waals surface area contributed by atoms with Crippen molar-refractivity contribution in [3.8, 4) is 0 Å². The average molecular weight is 1960 g/mol. The number of rotatable bonds is 33. The second kappa shape index (κ2) is 53.4. The molecule has 746 valence electrons. The number of nitrogens with two attached hydrogens (primary N) is 1. The lowest BCUT2D eigenvalue weighted by Gasteiger charge is -2.31. The third-order valence-electron chi connectivity index (χ3n) is 22.1. The van der Waals surface area contributed by atoms with Crippen molar-refractivity contribution in [2.45, 2.75) is 140 Å². The fourth-order valence-corrected chi connectivity index (χ4v) is 16.2. The number of esters is 9. The van der Waals surface area contributed by atoms with Gasteiger partial charge in [0, 0.05) is 139 Å². The summed E-state index contributed by atoms with van der Waals surface area (Å²) >= 11 is 6.42. The first-order valence-corrected chi connectivity index (χ1v) is 44.5. The molecule has 0 amide bonds. The Kier molecular flexibility index (Phi) is 42.6. The second-order valence-corrected chi connectivity index (χ2v) is 32.2. The summed E-state index contributed by atoms with van der Waals surface area (Å²) in [6.07, 6.45) is 0. The van der Waals surface area contributed by atoms with Crippen LogP contribution >= 0.6 is 11.6 Å². The first-order chi connectivity index (χ1) is 66.6. The van der Waals surface area contributed by atoms with Gasteiger partial charge in [0.15, 0.2) is 0 Å². The molecule has 0 radical (unpaired) electrons. The predicted octanol–water partition coefficient (Wildman–Crippen LogP) is 14.8. The summed E-state index contributed by atoms with van der Waals surface area (Å²) in [6.45, 7) is 28.1. The SMILES string of the molecule is CCOC(=O)C1=C(C)NC(C)=C(C(=O)OCCN(C)Cc2ccccc2)C1c1cccc([N+](=O)[O-])c1.CCOC(=O)C1=C(C)NC(C)=C(OC(C)=O)C1c1cccc([N+](=O)[O-])c1.CCOC(=O)C1=C(COCCN)NC(C)=C(C(=O)OC)C1c1ccccc1Cl.COC(=O)C1=C(C)NC(C)=C(OC(C)=O)C1c1ccccc1[N+](=O)[O-].COCCOC(=O)C1=C(C)NC(C)=C(C)C1c1cccc([N+](=O)[O-])c1. The van der Waals surface area contributed by atoms with Crippen molar-refractivity contribution in [2.75, 3.05) is 94.3 Å². The van der Waals surface area contributed by atoms with Gasteiger partial charge in [0.05, 0.1) is 153 Å². The molecule has 6 aromatic rings. The third-order valence-corrected chi connectivity index (χ3v) is 22.4. The number of nitrogens with one attached hydrogen (secondary N) is 5. The monoisotopic (exact) mass is 1950 g/mol. The molecule has 40 heteroatoms. The van der Waals surface area contributed by atoms with Gasteiger partial charge in [0.1, 0.15) is 24.7 Å². The number of benzene rings is 6. The molecule has 0 aliphatic carbocycles. The quantitative estimate of drug-likeness (QED) is 0.00732. The van der Waals surface area contributed by atoms with Gasteiger partial charge in [-0.05, 0) is 137 Å².